The first-order chi connectivity index (χ1) is 10.2. The molecule has 0 aliphatic rings. The molecule has 3 rings (SSSR count). The number of nitrogens with one attached hydrogen (secondary N) is 1. The Bertz CT molecular complexity index is 742. The van der Waals surface area contributed by atoms with Crippen LogP contribution in [0.4, 0.5) is 0 Å². The fourth-order valence-electron chi connectivity index (χ4n) is 2.52. The molecule has 0 bridgehead atoms. The molecule has 1 heterocycles. The molecule has 106 valence electrons. The molecule has 0 spiro atoms. The van der Waals surface area contributed by atoms with E-state index in [0.717, 1.165) is 22.1 Å². The van der Waals surface area contributed by atoms with Gasteiger partial charge in [-0.1, -0.05) is 42.5 Å². The molecule has 3 heteroatoms. The van der Waals surface area contributed by atoms with Crippen molar-refractivity contribution in [1.29, 1.82) is 0 Å². The number of carbonyl (C=O) groups excluding carboxylic acids is 1. The van der Waals surface area contributed by atoms with Crippen molar-refractivity contribution in [2.75, 3.05) is 0 Å². The highest BCUT2D eigenvalue weighted by molar-refractivity contribution is 5.90. The minimum Gasteiger partial charge on any atom is -0.467 e. The molecule has 1 aromatic heterocycles. The molecule has 2 aromatic carbocycles. The lowest BCUT2D eigenvalue weighted by molar-refractivity contribution is -0.121. The highest BCUT2D eigenvalue weighted by Gasteiger charge is 2.13. The number of carbonyl (C=O) groups is 1. The summed E-state index contributed by atoms with van der Waals surface area (Å²) in [4.78, 5) is 12.2. The summed E-state index contributed by atoms with van der Waals surface area (Å²) in [5, 5.41) is 5.24. The average molecular weight is 279 g/mol. The molecule has 0 radical (unpaired) electrons. The summed E-state index contributed by atoms with van der Waals surface area (Å²) < 4.78 is 5.30. The van der Waals surface area contributed by atoms with Gasteiger partial charge in [0.25, 0.3) is 0 Å². The third-order valence-electron chi connectivity index (χ3n) is 3.58. The normalized spacial score (nSPS) is 12.2. The first kappa shape index (κ1) is 13.4. The molecule has 1 atom stereocenters. The van der Waals surface area contributed by atoms with E-state index in [0.29, 0.717) is 6.42 Å². The Kier molecular flexibility index (Phi) is 3.73. The second-order valence-corrected chi connectivity index (χ2v) is 5.12. The molecule has 0 aliphatic carbocycles. The maximum atomic E-state index is 12.2. The molecule has 21 heavy (non-hydrogen) atoms. The highest BCUT2D eigenvalue weighted by atomic mass is 16.3. The summed E-state index contributed by atoms with van der Waals surface area (Å²) >= 11 is 0. The Morgan fingerprint density at radius 2 is 1.90 bits per heavy atom. The molecular weight excluding hydrogens is 262 g/mol. The maximum Gasteiger partial charge on any atom is 0.225 e. The minimum atomic E-state index is -0.123. The van der Waals surface area contributed by atoms with Gasteiger partial charge in [-0.05, 0) is 35.4 Å². The van der Waals surface area contributed by atoms with Gasteiger partial charge in [-0.25, -0.2) is 0 Å². The molecular formula is C18H17NO2. The second-order valence-electron chi connectivity index (χ2n) is 5.12. The lowest BCUT2D eigenvalue weighted by atomic mass is 10.0. The van der Waals surface area contributed by atoms with Crippen LogP contribution in [0, 0.1) is 0 Å². The van der Waals surface area contributed by atoms with E-state index in [1.165, 1.54) is 0 Å². The van der Waals surface area contributed by atoms with Crippen LogP contribution in [0.1, 0.15) is 24.3 Å². The molecule has 0 saturated heterocycles. The Balaban J connectivity index is 1.75. The zero-order valence-electron chi connectivity index (χ0n) is 11.9. The third kappa shape index (κ3) is 2.97. The monoisotopic (exact) mass is 279 g/mol. The summed E-state index contributed by atoms with van der Waals surface area (Å²) in [5.74, 6) is 0.761. The number of benzene rings is 2. The fraction of sp³-hybridized carbons (Fsp3) is 0.167. The molecule has 0 unspecified atom stereocenters. The van der Waals surface area contributed by atoms with Crippen LogP contribution in [-0.4, -0.2) is 5.91 Å². The number of furan rings is 1. The van der Waals surface area contributed by atoms with Crippen molar-refractivity contribution in [1.82, 2.24) is 5.32 Å². The standard InChI is InChI=1S/C18H17NO2/c1-13(17-10-5-11-21-17)19-18(20)12-15-8-4-7-14-6-2-3-9-16(14)15/h2-11,13H,12H2,1H3,(H,19,20)/t13-/m0/s1. The molecule has 1 amide bonds. The van der Waals surface area contributed by atoms with Crippen molar-refractivity contribution >= 4 is 16.7 Å². The van der Waals surface area contributed by atoms with E-state index in [1.54, 1.807) is 6.26 Å². The lowest BCUT2D eigenvalue weighted by Gasteiger charge is -2.12. The lowest BCUT2D eigenvalue weighted by Crippen LogP contribution is -2.27. The smallest absolute Gasteiger partial charge is 0.225 e. The van der Waals surface area contributed by atoms with Crippen molar-refractivity contribution in [3.05, 3.63) is 72.2 Å². The summed E-state index contributed by atoms with van der Waals surface area (Å²) in [5.41, 5.74) is 1.04. The maximum absolute atomic E-state index is 12.2. The summed E-state index contributed by atoms with van der Waals surface area (Å²) in [7, 11) is 0. The molecule has 0 fully saturated rings. The van der Waals surface area contributed by atoms with Crippen LogP contribution in [-0.2, 0) is 11.2 Å². The Morgan fingerprint density at radius 3 is 2.71 bits per heavy atom. The van der Waals surface area contributed by atoms with Crippen molar-refractivity contribution < 1.29 is 9.21 Å². The Labute approximate surface area is 123 Å². The van der Waals surface area contributed by atoms with Crippen LogP contribution < -0.4 is 5.32 Å². The number of hydrogen-bond donors (Lipinski definition) is 1. The second kappa shape index (κ2) is 5.83. The van der Waals surface area contributed by atoms with E-state index in [2.05, 4.69) is 17.4 Å². The zero-order valence-corrected chi connectivity index (χ0v) is 11.9. The summed E-state index contributed by atoms with van der Waals surface area (Å²) in [6, 6.07) is 17.7. The first-order valence-corrected chi connectivity index (χ1v) is 7.03. The van der Waals surface area contributed by atoms with Crippen molar-refractivity contribution in [2.24, 2.45) is 0 Å². The molecule has 0 saturated carbocycles. The zero-order chi connectivity index (χ0) is 14.7. The van der Waals surface area contributed by atoms with E-state index >= 15 is 0 Å². The summed E-state index contributed by atoms with van der Waals surface area (Å²) in [6.45, 7) is 1.92. The van der Waals surface area contributed by atoms with Gasteiger partial charge >= 0.3 is 0 Å². The average Bonchev–Trinajstić information content (AvgIpc) is 3.02. The van der Waals surface area contributed by atoms with Crippen molar-refractivity contribution in [3.63, 3.8) is 0 Å². The van der Waals surface area contributed by atoms with E-state index < -0.39 is 0 Å². The third-order valence-corrected chi connectivity index (χ3v) is 3.58. The first-order valence-electron chi connectivity index (χ1n) is 7.03. The van der Waals surface area contributed by atoms with E-state index in [-0.39, 0.29) is 11.9 Å². The van der Waals surface area contributed by atoms with Gasteiger partial charge in [0.15, 0.2) is 0 Å². The van der Waals surface area contributed by atoms with Crippen LogP contribution in [0.2, 0.25) is 0 Å². The molecule has 0 aliphatic heterocycles. The number of amides is 1. The fourth-order valence-corrected chi connectivity index (χ4v) is 2.52. The van der Waals surface area contributed by atoms with Gasteiger partial charge in [0.05, 0.1) is 18.7 Å². The van der Waals surface area contributed by atoms with Crippen LogP contribution in [0.25, 0.3) is 10.8 Å². The van der Waals surface area contributed by atoms with Crippen molar-refractivity contribution in [3.8, 4) is 0 Å². The molecule has 1 N–H and O–H groups in total. The molecule has 3 aromatic rings. The van der Waals surface area contributed by atoms with Gasteiger partial charge in [0, 0.05) is 0 Å². The van der Waals surface area contributed by atoms with Crippen LogP contribution >= 0.6 is 0 Å². The van der Waals surface area contributed by atoms with Crippen LogP contribution in [0.3, 0.4) is 0 Å². The number of rotatable bonds is 4. The quantitative estimate of drug-likeness (QED) is 0.788. The Hall–Kier alpha value is -2.55. The number of hydrogen-bond acceptors (Lipinski definition) is 2. The van der Waals surface area contributed by atoms with Gasteiger partial charge in [0.2, 0.25) is 5.91 Å². The SMILES string of the molecule is C[C@H](NC(=O)Cc1cccc2ccccc12)c1ccco1. The Morgan fingerprint density at radius 1 is 1.10 bits per heavy atom. The van der Waals surface area contributed by atoms with Gasteiger partial charge < -0.3 is 9.73 Å². The van der Waals surface area contributed by atoms with Gasteiger partial charge in [-0.2, -0.15) is 0 Å². The largest absolute Gasteiger partial charge is 0.467 e. The predicted octanol–water partition coefficient (Wildman–Crippen LogP) is 3.85. The van der Waals surface area contributed by atoms with Gasteiger partial charge in [-0.3, -0.25) is 4.79 Å². The highest BCUT2D eigenvalue weighted by Crippen LogP contribution is 2.19. The topological polar surface area (TPSA) is 42.2 Å². The van der Waals surface area contributed by atoms with E-state index in [1.807, 2.05) is 49.4 Å². The van der Waals surface area contributed by atoms with E-state index in [9.17, 15) is 4.79 Å². The summed E-state index contributed by atoms with van der Waals surface area (Å²) in [6.07, 6.45) is 1.98. The number of fused-ring (bicyclic) bond motifs is 1. The molecule has 3 nitrogen and oxygen atoms in total. The van der Waals surface area contributed by atoms with Crippen LogP contribution in [0.15, 0.2) is 65.3 Å². The minimum absolute atomic E-state index is 0.00440. The predicted molar refractivity (Wildman–Crippen MR) is 82.9 cm³/mol. The van der Waals surface area contributed by atoms with Gasteiger partial charge in [-0.15, -0.1) is 0 Å². The van der Waals surface area contributed by atoms with Crippen LogP contribution in [0.5, 0.6) is 0 Å². The van der Waals surface area contributed by atoms with Gasteiger partial charge in [0.1, 0.15) is 5.76 Å². The van der Waals surface area contributed by atoms with Crippen molar-refractivity contribution in [2.45, 2.75) is 19.4 Å². The van der Waals surface area contributed by atoms with E-state index in [4.69, 9.17) is 4.42 Å².